The van der Waals surface area contributed by atoms with Gasteiger partial charge in [-0.1, -0.05) is 24.3 Å². The van der Waals surface area contributed by atoms with Crippen molar-refractivity contribution in [2.75, 3.05) is 6.61 Å². The molecule has 0 heterocycles. The first-order valence-electron chi connectivity index (χ1n) is 4.50. The standard InChI is InChI=1S/C11H12ClO2/c1-2-14-11(13)10(12)8-9-6-4-3-5-7-9/h3-6,10H,2,8H2,1H3. The predicted molar refractivity (Wildman–Crippen MR) is 55.3 cm³/mol. The zero-order chi connectivity index (χ0) is 10.4. The van der Waals surface area contributed by atoms with Gasteiger partial charge in [0.05, 0.1) is 6.61 Å². The van der Waals surface area contributed by atoms with Gasteiger partial charge in [0.15, 0.2) is 0 Å². The molecule has 3 heteroatoms. The minimum Gasteiger partial charge on any atom is -0.465 e. The topological polar surface area (TPSA) is 26.3 Å². The molecular weight excluding hydrogens is 200 g/mol. The lowest BCUT2D eigenvalue weighted by Gasteiger charge is -2.07. The van der Waals surface area contributed by atoms with Gasteiger partial charge in [0.1, 0.15) is 5.38 Å². The zero-order valence-electron chi connectivity index (χ0n) is 8.00. The summed E-state index contributed by atoms with van der Waals surface area (Å²) in [5.74, 6) is -0.369. The van der Waals surface area contributed by atoms with Gasteiger partial charge in [-0.25, -0.2) is 0 Å². The molecule has 0 aliphatic carbocycles. The summed E-state index contributed by atoms with van der Waals surface area (Å²) in [5, 5.41) is -0.617. The molecule has 1 unspecified atom stereocenters. The van der Waals surface area contributed by atoms with Gasteiger partial charge in [-0.15, -0.1) is 11.6 Å². The SMILES string of the molecule is CCOC(=O)C(Cl)Cc1[c]cccc1. The quantitative estimate of drug-likeness (QED) is 0.564. The molecule has 14 heavy (non-hydrogen) atoms. The van der Waals surface area contributed by atoms with Crippen molar-refractivity contribution in [2.45, 2.75) is 18.7 Å². The second-order valence-electron chi connectivity index (χ2n) is 2.81. The van der Waals surface area contributed by atoms with E-state index in [1.165, 1.54) is 0 Å². The number of esters is 1. The van der Waals surface area contributed by atoms with Crippen LogP contribution in [-0.4, -0.2) is 18.0 Å². The second-order valence-corrected chi connectivity index (χ2v) is 3.34. The lowest BCUT2D eigenvalue weighted by Crippen LogP contribution is -2.20. The maximum Gasteiger partial charge on any atom is 0.324 e. The Hall–Kier alpha value is -1.02. The summed E-state index contributed by atoms with van der Waals surface area (Å²) in [4.78, 5) is 11.2. The normalized spacial score (nSPS) is 12.1. The fourth-order valence-electron chi connectivity index (χ4n) is 1.07. The lowest BCUT2D eigenvalue weighted by atomic mass is 10.1. The number of halogens is 1. The first-order chi connectivity index (χ1) is 6.74. The summed E-state index contributed by atoms with van der Waals surface area (Å²) < 4.78 is 4.79. The number of ether oxygens (including phenoxy) is 1. The molecule has 1 radical (unpaired) electrons. The van der Waals surface area contributed by atoms with E-state index in [2.05, 4.69) is 6.07 Å². The number of carbonyl (C=O) groups excluding carboxylic acids is 1. The summed E-state index contributed by atoms with van der Waals surface area (Å²) in [6, 6.07) is 10.4. The van der Waals surface area contributed by atoms with Crippen molar-refractivity contribution < 1.29 is 9.53 Å². The highest BCUT2D eigenvalue weighted by molar-refractivity contribution is 6.30. The molecule has 1 aromatic carbocycles. The molecule has 1 aromatic rings. The van der Waals surface area contributed by atoms with Crippen LogP contribution in [0, 0.1) is 6.07 Å². The number of alkyl halides is 1. The Balaban J connectivity index is 2.49. The van der Waals surface area contributed by atoms with Crippen molar-refractivity contribution in [3.63, 3.8) is 0 Å². The first kappa shape index (κ1) is 11.1. The average molecular weight is 212 g/mol. The van der Waals surface area contributed by atoms with Crippen molar-refractivity contribution in [2.24, 2.45) is 0 Å². The van der Waals surface area contributed by atoms with E-state index >= 15 is 0 Å². The highest BCUT2D eigenvalue weighted by atomic mass is 35.5. The van der Waals surface area contributed by atoms with E-state index < -0.39 is 5.38 Å². The van der Waals surface area contributed by atoms with Gasteiger partial charge in [0.2, 0.25) is 0 Å². The van der Waals surface area contributed by atoms with Crippen LogP contribution in [0.15, 0.2) is 24.3 Å². The molecule has 2 nitrogen and oxygen atoms in total. The van der Waals surface area contributed by atoms with Crippen LogP contribution in [0.2, 0.25) is 0 Å². The molecule has 0 saturated carbocycles. The van der Waals surface area contributed by atoms with Gasteiger partial charge < -0.3 is 4.74 Å². The van der Waals surface area contributed by atoms with E-state index in [1.54, 1.807) is 13.0 Å². The van der Waals surface area contributed by atoms with E-state index in [4.69, 9.17) is 16.3 Å². The second kappa shape index (κ2) is 5.66. The number of hydrogen-bond acceptors (Lipinski definition) is 2. The van der Waals surface area contributed by atoms with Crippen LogP contribution in [-0.2, 0) is 16.0 Å². The van der Waals surface area contributed by atoms with E-state index in [0.29, 0.717) is 13.0 Å². The number of hydrogen-bond donors (Lipinski definition) is 0. The van der Waals surface area contributed by atoms with E-state index in [1.807, 2.05) is 18.2 Å². The van der Waals surface area contributed by atoms with Crippen molar-refractivity contribution in [3.8, 4) is 0 Å². The molecule has 0 aliphatic rings. The van der Waals surface area contributed by atoms with Crippen molar-refractivity contribution >= 4 is 17.6 Å². The summed E-state index contributed by atoms with van der Waals surface area (Å²) in [6.45, 7) is 2.12. The van der Waals surface area contributed by atoms with Crippen LogP contribution < -0.4 is 0 Å². The van der Waals surface area contributed by atoms with Crippen LogP contribution in [0.1, 0.15) is 12.5 Å². The molecule has 75 valence electrons. The largest absolute Gasteiger partial charge is 0.465 e. The summed E-state index contributed by atoms with van der Waals surface area (Å²) in [5.41, 5.74) is 0.917. The minimum absolute atomic E-state index is 0.362. The third kappa shape index (κ3) is 3.38. The number of benzene rings is 1. The molecule has 1 rings (SSSR count). The molecule has 0 saturated heterocycles. The third-order valence-electron chi connectivity index (χ3n) is 1.71. The van der Waals surface area contributed by atoms with Gasteiger partial charge in [-0.2, -0.15) is 0 Å². The van der Waals surface area contributed by atoms with Gasteiger partial charge >= 0.3 is 5.97 Å². The van der Waals surface area contributed by atoms with Crippen LogP contribution in [0.3, 0.4) is 0 Å². The number of carbonyl (C=O) groups is 1. The van der Waals surface area contributed by atoms with Gasteiger partial charge in [-0.3, -0.25) is 4.79 Å². The van der Waals surface area contributed by atoms with Crippen molar-refractivity contribution in [1.82, 2.24) is 0 Å². The van der Waals surface area contributed by atoms with Crippen LogP contribution >= 0.6 is 11.6 Å². The molecule has 0 fully saturated rings. The summed E-state index contributed by atoms with van der Waals surface area (Å²) in [6.07, 6.45) is 0.460. The Bertz CT molecular complexity index is 285. The van der Waals surface area contributed by atoms with Crippen LogP contribution in [0.25, 0.3) is 0 Å². The van der Waals surface area contributed by atoms with E-state index in [-0.39, 0.29) is 5.97 Å². The average Bonchev–Trinajstić information content (AvgIpc) is 2.19. The van der Waals surface area contributed by atoms with Gasteiger partial charge in [0.25, 0.3) is 0 Å². The Kier molecular flexibility index (Phi) is 4.47. The molecule has 0 bridgehead atoms. The Morgan fingerprint density at radius 1 is 1.64 bits per heavy atom. The zero-order valence-corrected chi connectivity index (χ0v) is 8.75. The highest BCUT2D eigenvalue weighted by Crippen LogP contribution is 2.08. The smallest absolute Gasteiger partial charge is 0.324 e. The molecule has 0 amide bonds. The Labute approximate surface area is 88.8 Å². The van der Waals surface area contributed by atoms with Crippen LogP contribution in [0.4, 0.5) is 0 Å². The van der Waals surface area contributed by atoms with Crippen molar-refractivity contribution in [1.29, 1.82) is 0 Å². The van der Waals surface area contributed by atoms with Crippen molar-refractivity contribution in [3.05, 3.63) is 35.9 Å². The Morgan fingerprint density at radius 3 is 3.00 bits per heavy atom. The lowest BCUT2D eigenvalue weighted by molar-refractivity contribution is -0.142. The van der Waals surface area contributed by atoms with E-state index in [0.717, 1.165) is 5.56 Å². The van der Waals surface area contributed by atoms with Crippen LogP contribution in [0.5, 0.6) is 0 Å². The predicted octanol–water partition coefficient (Wildman–Crippen LogP) is 2.20. The molecule has 0 N–H and O–H groups in total. The Morgan fingerprint density at radius 2 is 2.43 bits per heavy atom. The summed E-state index contributed by atoms with van der Waals surface area (Å²) >= 11 is 5.85. The monoisotopic (exact) mass is 211 g/mol. The third-order valence-corrected chi connectivity index (χ3v) is 2.05. The fraction of sp³-hybridized carbons (Fsp3) is 0.364. The maximum atomic E-state index is 11.2. The molecule has 1 atom stereocenters. The molecular formula is C11H12ClO2. The summed E-state index contributed by atoms with van der Waals surface area (Å²) in [7, 11) is 0. The minimum atomic E-state index is -0.617. The number of rotatable bonds is 4. The van der Waals surface area contributed by atoms with E-state index in [9.17, 15) is 4.79 Å². The van der Waals surface area contributed by atoms with Gasteiger partial charge in [0, 0.05) is 6.42 Å². The van der Waals surface area contributed by atoms with Gasteiger partial charge in [-0.05, 0) is 18.6 Å². The first-order valence-corrected chi connectivity index (χ1v) is 4.94. The molecule has 0 aliphatic heterocycles. The highest BCUT2D eigenvalue weighted by Gasteiger charge is 2.16. The molecule has 0 aromatic heterocycles. The maximum absolute atomic E-state index is 11.2. The fourth-order valence-corrected chi connectivity index (χ4v) is 1.30. The molecule has 0 spiro atoms.